The molecule has 3 unspecified atom stereocenters. The quantitative estimate of drug-likeness (QED) is 0.776. The van der Waals surface area contributed by atoms with Crippen molar-refractivity contribution < 1.29 is 23.1 Å². The number of carbonyl (C=O) groups excluding carboxylic acids is 1. The molecule has 0 radical (unpaired) electrons. The van der Waals surface area contributed by atoms with Crippen molar-refractivity contribution in [1.82, 2.24) is 10.2 Å². The highest BCUT2D eigenvalue weighted by molar-refractivity contribution is 7.91. The number of amides is 2. The van der Waals surface area contributed by atoms with Gasteiger partial charge in [-0.1, -0.05) is 6.42 Å². The average Bonchev–Trinajstić information content (AvgIpc) is 3.01. The molecule has 0 aromatic rings. The van der Waals surface area contributed by atoms with E-state index in [0.717, 1.165) is 12.8 Å². The molecule has 1 aliphatic carbocycles. The molecule has 7 nitrogen and oxygen atoms in total. The van der Waals surface area contributed by atoms with E-state index in [1.807, 2.05) is 0 Å². The SMILES string of the molecule is CN(C(=O)NCC1CCCC1C(=O)O)C1CCS(=O)(=O)C1. The normalized spacial score (nSPS) is 31.0. The van der Waals surface area contributed by atoms with Crippen LogP contribution in [0.1, 0.15) is 25.7 Å². The van der Waals surface area contributed by atoms with E-state index in [2.05, 4.69) is 5.32 Å². The summed E-state index contributed by atoms with van der Waals surface area (Å²) in [4.78, 5) is 24.6. The number of nitrogens with one attached hydrogen (secondary N) is 1. The Morgan fingerprint density at radius 1 is 1.29 bits per heavy atom. The van der Waals surface area contributed by atoms with Gasteiger partial charge >= 0.3 is 12.0 Å². The molecule has 21 heavy (non-hydrogen) atoms. The van der Waals surface area contributed by atoms with Crippen LogP contribution in [0.15, 0.2) is 0 Å². The van der Waals surface area contributed by atoms with Crippen LogP contribution in [0.2, 0.25) is 0 Å². The molecular weight excluding hydrogens is 296 g/mol. The largest absolute Gasteiger partial charge is 0.481 e. The van der Waals surface area contributed by atoms with E-state index in [4.69, 9.17) is 5.11 Å². The molecule has 2 fully saturated rings. The summed E-state index contributed by atoms with van der Waals surface area (Å²) in [6.45, 7) is 0.333. The fourth-order valence-electron chi connectivity index (χ4n) is 3.20. The fraction of sp³-hybridized carbons (Fsp3) is 0.846. The monoisotopic (exact) mass is 318 g/mol. The maximum Gasteiger partial charge on any atom is 0.317 e. The predicted octanol–water partition coefficient (Wildman–Crippen LogP) is 0.316. The summed E-state index contributed by atoms with van der Waals surface area (Å²) >= 11 is 0. The van der Waals surface area contributed by atoms with Crippen LogP contribution in [0, 0.1) is 11.8 Å². The molecule has 1 heterocycles. The Bertz CT molecular complexity index is 519. The first kappa shape index (κ1) is 16.1. The second-order valence-electron chi connectivity index (χ2n) is 5.99. The van der Waals surface area contributed by atoms with Gasteiger partial charge in [0, 0.05) is 19.6 Å². The van der Waals surface area contributed by atoms with Crippen LogP contribution in [-0.4, -0.2) is 61.6 Å². The summed E-state index contributed by atoms with van der Waals surface area (Å²) in [6.07, 6.45) is 2.80. The Balaban J connectivity index is 1.83. The van der Waals surface area contributed by atoms with Gasteiger partial charge < -0.3 is 15.3 Å². The highest BCUT2D eigenvalue weighted by atomic mass is 32.2. The van der Waals surface area contributed by atoms with E-state index < -0.39 is 15.8 Å². The standard InChI is InChI=1S/C13H22N2O5S/c1-15(10-5-6-21(19,20)8-10)13(18)14-7-9-3-2-4-11(9)12(16)17/h9-11H,2-8H2,1H3,(H,14,18)(H,16,17). The highest BCUT2D eigenvalue weighted by Crippen LogP contribution is 2.31. The van der Waals surface area contributed by atoms with Crippen molar-refractivity contribution in [3.8, 4) is 0 Å². The van der Waals surface area contributed by atoms with E-state index in [1.54, 1.807) is 7.05 Å². The van der Waals surface area contributed by atoms with Crippen molar-refractivity contribution in [2.75, 3.05) is 25.1 Å². The molecule has 0 spiro atoms. The molecule has 0 aromatic heterocycles. The smallest absolute Gasteiger partial charge is 0.317 e. The third-order valence-electron chi connectivity index (χ3n) is 4.57. The number of aliphatic carboxylic acids is 1. The molecule has 2 aliphatic rings. The maximum atomic E-state index is 12.0. The molecule has 1 saturated carbocycles. The molecule has 1 saturated heterocycles. The van der Waals surface area contributed by atoms with Crippen molar-refractivity contribution in [1.29, 1.82) is 0 Å². The van der Waals surface area contributed by atoms with Crippen molar-refractivity contribution >= 4 is 21.8 Å². The number of carbonyl (C=O) groups is 2. The number of sulfone groups is 1. The van der Waals surface area contributed by atoms with E-state index >= 15 is 0 Å². The van der Waals surface area contributed by atoms with Crippen molar-refractivity contribution in [2.45, 2.75) is 31.7 Å². The molecule has 0 aromatic carbocycles. The summed E-state index contributed by atoms with van der Waals surface area (Å²) in [5.41, 5.74) is 0. The van der Waals surface area contributed by atoms with Gasteiger partial charge in [-0.3, -0.25) is 4.79 Å². The number of hydrogen-bond acceptors (Lipinski definition) is 4. The highest BCUT2D eigenvalue weighted by Gasteiger charge is 2.35. The Kier molecular flexibility index (Phi) is 4.75. The number of rotatable bonds is 4. The van der Waals surface area contributed by atoms with Gasteiger partial charge in [0.05, 0.1) is 17.4 Å². The molecule has 0 bridgehead atoms. The summed E-state index contributed by atoms with van der Waals surface area (Å²) in [5, 5.41) is 11.8. The molecule has 120 valence electrons. The molecule has 1 aliphatic heterocycles. The topological polar surface area (TPSA) is 104 Å². The maximum absolute atomic E-state index is 12.0. The van der Waals surface area contributed by atoms with Gasteiger partial charge in [0.2, 0.25) is 0 Å². The minimum Gasteiger partial charge on any atom is -0.481 e. The van der Waals surface area contributed by atoms with Crippen LogP contribution in [0.3, 0.4) is 0 Å². The van der Waals surface area contributed by atoms with E-state index in [0.29, 0.717) is 19.4 Å². The van der Waals surface area contributed by atoms with Gasteiger partial charge in [-0.25, -0.2) is 13.2 Å². The zero-order chi connectivity index (χ0) is 15.6. The molecule has 8 heteroatoms. The minimum absolute atomic E-state index is 0.0120. The third-order valence-corrected chi connectivity index (χ3v) is 6.32. The lowest BCUT2D eigenvalue weighted by Crippen LogP contribution is -2.46. The number of nitrogens with zero attached hydrogens (tertiary/aromatic N) is 1. The van der Waals surface area contributed by atoms with Gasteiger partial charge in [-0.2, -0.15) is 0 Å². The third kappa shape index (κ3) is 3.87. The first-order valence-corrected chi connectivity index (χ1v) is 9.06. The Hall–Kier alpha value is -1.31. The van der Waals surface area contributed by atoms with Crippen molar-refractivity contribution in [2.24, 2.45) is 11.8 Å². The first-order valence-electron chi connectivity index (χ1n) is 7.24. The van der Waals surface area contributed by atoms with Crippen LogP contribution >= 0.6 is 0 Å². The van der Waals surface area contributed by atoms with Gasteiger partial charge in [-0.15, -0.1) is 0 Å². The molecular formula is C13H22N2O5S. The van der Waals surface area contributed by atoms with E-state index in [9.17, 15) is 18.0 Å². The number of carboxylic acid groups (broad SMARTS) is 1. The van der Waals surface area contributed by atoms with E-state index in [1.165, 1.54) is 4.90 Å². The fourth-order valence-corrected chi connectivity index (χ4v) is 4.97. The number of hydrogen-bond donors (Lipinski definition) is 2. The van der Waals surface area contributed by atoms with Gasteiger partial charge in [0.15, 0.2) is 9.84 Å². The lowest BCUT2D eigenvalue weighted by Gasteiger charge is -2.25. The summed E-state index contributed by atoms with van der Waals surface area (Å²) < 4.78 is 22.9. The van der Waals surface area contributed by atoms with Crippen LogP contribution < -0.4 is 5.32 Å². The van der Waals surface area contributed by atoms with E-state index in [-0.39, 0.29) is 35.4 Å². The number of carboxylic acids is 1. The lowest BCUT2D eigenvalue weighted by atomic mass is 9.96. The second kappa shape index (κ2) is 6.21. The van der Waals surface area contributed by atoms with Crippen molar-refractivity contribution in [3.63, 3.8) is 0 Å². The summed E-state index contributed by atoms with van der Waals surface area (Å²) in [7, 11) is -1.44. The second-order valence-corrected chi connectivity index (χ2v) is 8.22. The molecule has 2 rings (SSSR count). The summed E-state index contributed by atoms with van der Waals surface area (Å²) in [6, 6.07) is -0.609. The van der Waals surface area contributed by atoms with Gasteiger partial charge in [0.1, 0.15) is 0 Å². The molecule has 2 amide bonds. The summed E-state index contributed by atoms with van der Waals surface area (Å²) in [5.74, 6) is -1.09. The van der Waals surface area contributed by atoms with Crippen LogP contribution in [0.5, 0.6) is 0 Å². The minimum atomic E-state index is -3.02. The Labute approximate surface area is 124 Å². The zero-order valence-electron chi connectivity index (χ0n) is 12.1. The van der Waals surface area contributed by atoms with Crippen LogP contribution in [0.4, 0.5) is 4.79 Å². The van der Waals surface area contributed by atoms with Gasteiger partial charge in [-0.05, 0) is 25.2 Å². The lowest BCUT2D eigenvalue weighted by molar-refractivity contribution is -0.142. The molecule has 3 atom stereocenters. The Morgan fingerprint density at radius 3 is 2.57 bits per heavy atom. The van der Waals surface area contributed by atoms with Crippen LogP contribution in [0.25, 0.3) is 0 Å². The Morgan fingerprint density at radius 2 is 2.00 bits per heavy atom. The average molecular weight is 318 g/mol. The number of urea groups is 1. The van der Waals surface area contributed by atoms with Crippen LogP contribution in [-0.2, 0) is 14.6 Å². The van der Waals surface area contributed by atoms with Crippen molar-refractivity contribution in [3.05, 3.63) is 0 Å². The predicted molar refractivity (Wildman–Crippen MR) is 76.7 cm³/mol. The van der Waals surface area contributed by atoms with Gasteiger partial charge in [0.25, 0.3) is 0 Å². The first-order chi connectivity index (χ1) is 9.80. The molecule has 2 N–H and O–H groups in total. The zero-order valence-corrected chi connectivity index (χ0v) is 12.9.